The van der Waals surface area contributed by atoms with Crippen LogP contribution in [0.25, 0.3) is 5.95 Å². The molecular formula is C12H14ClN5O. The van der Waals surface area contributed by atoms with Crippen LogP contribution in [0.15, 0.2) is 18.7 Å². The lowest BCUT2D eigenvalue weighted by Gasteiger charge is -2.24. The highest BCUT2D eigenvalue weighted by Gasteiger charge is 2.17. The second-order valence-electron chi connectivity index (χ2n) is 4.59. The Labute approximate surface area is 115 Å². The molecule has 19 heavy (non-hydrogen) atoms. The van der Waals surface area contributed by atoms with E-state index in [0.717, 1.165) is 12.3 Å². The fourth-order valence-electron chi connectivity index (χ4n) is 1.98. The molecule has 100 valence electrons. The summed E-state index contributed by atoms with van der Waals surface area (Å²) in [6, 6.07) is 0.267. The number of rotatable bonds is 5. The molecular weight excluding hydrogens is 266 g/mol. The van der Waals surface area contributed by atoms with E-state index in [0.29, 0.717) is 12.6 Å². The van der Waals surface area contributed by atoms with E-state index >= 15 is 0 Å². The van der Waals surface area contributed by atoms with Gasteiger partial charge in [-0.1, -0.05) is 19.3 Å². The number of hydrogen-bond acceptors (Lipinski definition) is 5. The van der Waals surface area contributed by atoms with E-state index in [1.807, 2.05) is 0 Å². The second kappa shape index (κ2) is 5.52. The van der Waals surface area contributed by atoms with Gasteiger partial charge in [-0.25, -0.2) is 4.98 Å². The number of ether oxygens (including phenoxy) is 1. The second-order valence-corrected chi connectivity index (χ2v) is 4.93. The van der Waals surface area contributed by atoms with Gasteiger partial charge in [-0.2, -0.15) is 15.0 Å². The van der Waals surface area contributed by atoms with Gasteiger partial charge in [0.25, 0.3) is 0 Å². The number of imidazole rings is 1. The molecule has 0 saturated heterocycles. The van der Waals surface area contributed by atoms with Gasteiger partial charge in [0.2, 0.25) is 11.2 Å². The van der Waals surface area contributed by atoms with Crippen molar-refractivity contribution >= 4 is 11.6 Å². The van der Waals surface area contributed by atoms with Crippen molar-refractivity contribution in [1.82, 2.24) is 24.5 Å². The molecule has 0 radical (unpaired) electrons. The molecule has 1 aliphatic carbocycles. The first kappa shape index (κ1) is 12.3. The average Bonchev–Trinajstić information content (AvgIpc) is 2.85. The summed E-state index contributed by atoms with van der Waals surface area (Å²) in [5, 5.41) is 0.123. The van der Waals surface area contributed by atoms with E-state index in [9.17, 15) is 0 Å². The van der Waals surface area contributed by atoms with Gasteiger partial charge in [-0.3, -0.25) is 4.57 Å². The molecule has 3 rings (SSSR count). The van der Waals surface area contributed by atoms with Crippen LogP contribution in [-0.2, 0) is 0 Å². The number of hydrogen-bond donors (Lipinski definition) is 0. The van der Waals surface area contributed by atoms with E-state index in [4.69, 9.17) is 16.3 Å². The van der Waals surface area contributed by atoms with Crippen molar-refractivity contribution < 1.29 is 4.74 Å². The molecule has 0 aliphatic heterocycles. The van der Waals surface area contributed by atoms with Gasteiger partial charge in [-0.05, 0) is 23.9 Å². The summed E-state index contributed by atoms with van der Waals surface area (Å²) in [7, 11) is 0. The summed E-state index contributed by atoms with van der Waals surface area (Å²) < 4.78 is 7.21. The zero-order valence-corrected chi connectivity index (χ0v) is 11.1. The minimum atomic E-state index is 0.123. The zero-order chi connectivity index (χ0) is 13.1. The minimum Gasteiger partial charge on any atom is -0.463 e. The highest BCUT2D eigenvalue weighted by atomic mass is 35.5. The Bertz CT molecular complexity index is 541. The molecule has 2 heterocycles. The number of halogens is 1. The Hall–Kier alpha value is -1.69. The van der Waals surface area contributed by atoms with Crippen LogP contribution < -0.4 is 4.74 Å². The standard InChI is InChI=1S/C12H14ClN5O/c13-10-15-11(18-6-5-14-8-18)17-12(16-10)19-7-4-9-2-1-3-9/h5-6,8-9H,1-4,7H2. The van der Waals surface area contributed by atoms with Crippen LogP contribution >= 0.6 is 11.6 Å². The van der Waals surface area contributed by atoms with Gasteiger partial charge in [0.05, 0.1) is 6.61 Å². The van der Waals surface area contributed by atoms with E-state index in [1.54, 1.807) is 23.3 Å². The maximum atomic E-state index is 5.87. The van der Waals surface area contributed by atoms with Crippen LogP contribution in [0, 0.1) is 5.92 Å². The topological polar surface area (TPSA) is 65.7 Å². The lowest BCUT2D eigenvalue weighted by atomic mass is 9.83. The Kier molecular flexibility index (Phi) is 3.59. The van der Waals surface area contributed by atoms with E-state index in [1.165, 1.54) is 19.3 Å². The van der Waals surface area contributed by atoms with Crippen molar-refractivity contribution in [1.29, 1.82) is 0 Å². The van der Waals surface area contributed by atoms with Crippen molar-refractivity contribution in [3.05, 3.63) is 24.0 Å². The smallest absolute Gasteiger partial charge is 0.322 e. The van der Waals surface area contributed by atoms with Crippen LogP contribution in [0.3, 0.4) is 0 Å². The Balaban J connectivity index is 1.67. The fraction of sp³-hybridized carbons (Fsp3) is 0.500. The third-order valence-electron chi connectivity index (χ3n) is 3.29. The summed E-state index contributed by atoms with van der Waals surface area (Å²) >= 11 is 5.87. The number of aromatic nitrogens is 5. The molecule has 0 aromatic carbocycles. The molecule has 0 bridgehead atoms. The number of nitrogens with zero attached hydrogens (tertiary/aromatic N) is 5. The first-order valence-corrected chi connectivity index (χ1v) is 6.72. The van der Waals surface area contributed by atoms with Crippen LogP contribution in [-0.4, -0.2) is 31.1 Å². The van der Waals surface area contributed by atoms with Crippen molar-refractivity contribution in [3.8, 4) is 12.0 Å². The lowest BCUT2D eigenvalue weighted by Crippen LogP contribution is -2.15. The average molecular weight is 280 g/mol. The van der Waals surface area contributed by atoms with Gasteiger partial charge >= 0.3 is 6.01 Å². The fourth-order valence-corrected chi connectivity index (χ4v) is 2.13. The predicted octanol–water partition coefficient (Wildman–Crippen LogP) is 2.28. The monoisotopic (exact) mass is 279 g/mol. The van der Waals surface area contributed by atoms with Crippen molar-refractivity contribution in [2.24, 2.45) is 5.92 Å². The predicted molar refractivity (Wildman–Crippen MR) is 69.4 cm³/mol. The van der Waals surface area contributed by atoms with Gasteiger partial charge in [0.1, 0.15) is 6.33 Å². The summed E-state index contributed by atoms with van der Waals surface area (Å²) in [5.41, 5.74) is 0. The molecule has 6 nitrogen and oxygen atoms in total. The third kappa shape index (κ3) is 3.01. The third-order valence-corrected chi connectivity index (χ3v) is 3.46. The highest BCUT2D eigenvalue weighted by Crippen LogP contribution is 2.29. The summed E-state index contributed by atoms with van der Waals surface area (Å²) in [6.45, 7) is 0.619. The molecule has 7 heteroatoms. The summed E-state index contributed by atoms with van der Waals surface area (Å²) in [6.07, 6.45) is 9.99. The molecule has 2 aromatic heterocycles. The molecule has 1 aliphatic rings. The van der Waals surface area contributed by atoms with Crippen molar-refractivity contribution in [2.45, 2.75) is 25.7 Å². The first-order valence-electron chi connectivity index (χ1n) is 6.34. The molecule has 0 amide bonds. The Morgan fingerprint density at radius 3 is 2.89 bits per heavy atom. The summed E-state index contributed by atoms with van der Waals surface area (Å²) in [4.78, 5) is 16.2. The molecule has 2 aromatic rings. The quantitative estimate of drug-likeness (QED) is 0.840. The van der Waals surface area contributed by atoms with Gasteiger partial charge in [0.15, 0.2) is 0 Å². The molecule has 1 saturated carbocycles. The lowest BCUT2D eigenvalue weighted by molar-refractivity contribution is 0.211. The highest BCUT2D eigenvalue weighted by molar-refractivity contribution is 6.28. The minimum absolute atomic E-state index is 0.123. The van der Waals surface area contributed by atoms with Crippen LogP contribution in [0.2, 0.25) is 5.28 Å². The molecule has 0 spiro atoms. The van der Waals surface area contributed by atoms with Gasteiger partial charge in [-0.15, -0.1) is 0 Å². The van der Waals surface area contributed by atoms with Crippen molar-refractivity contribution in [3.63, 3.8) is 0 Å². The molecule has 0 N–H and O–H groups in total. The maximum absolute atomic E-state index is 5.87. The Morgan fingerprint density at radius 2 is 2.21 bits per heavy atom. The van der Waals surface area contributed by atoms with Gasteiger partial charge in [0, 0.05) is 12.4 Å². The van der Waals surface area contributed by atoms with Crippen LogP contribution in [0.4, 0.5) is 0 Å². The molecule has 0 unspecified atom stereocenters. The van der Waals surface area contributed by atoms with Crippen LogP contribution in [0.1, 0.15) is 25.7 Å². The first-order chi connectivity index (χ1) is 9.31. The van der Waals surface area contributed by atoms with Crippen LogP contribution in [0.5, 0.6) is 6.01 Å². The normalized spacial score (nSPS) is 15.2. The largest absolute Gasteiger partial charge is 0.463 e. The molecule has 0 atom stereocenters. The van der Waals surface area contributed by atoms with Gasteiger partial charge < -0.3 is 4.74 Å². The SMILES string of the molecule is Clc1nc(OCCC2CCC2)nc(-n2ccnc2)n1. The van der Waals surface area contributed by atoms with E-state index < -0.39 is 0 Å². The zero-order valence-electron chi connectivity index (χ0n) is 10.4. The summed E-state index contributed by atoms with van der Waals surface area (Å²) in [5.74, 6) is 1.21. The Morgan fingerprint density at radius 1 is 1.32 bits per heavy atom. The molecule has 1 fully saturated rings. The maximum Gasteiger partial charge on any atom is 0.322 e. The van der Waals surface area contributed by atoms with Crippen molar-refractivity contribution in [2.75, 3.05) is 6.61 Å². The van der Waals surface area contributed by atoms with E-state index in [-0.39, 0.29) is 11.3 Å². The van der Waals surface area contributed by atoms with E-state index in [2.05, 4.69) is 19.9 Å².